The molecule has 0 aliphatic carbocycles. The number of nitro groups is 1. The summed E-state index contributed by atoms with van der Waals surface area (Å²) in [6, 6.07) is 11.7. The molecule has 0 unspecified atom stereocenters. The zero-order valence-corrected chi connectivity index (χ0v) is 13.1. The normalized spacial score (nSPS) is 10.1. The molecule has 0 aromatic heterocycles. The Morgan fingerprint density at radius 3 is 2.52 bits per heavy atom. The molecule has 0 bridgehead atoms. The number of benzene rings is 2. The lowest BCUT2D eigenvalue weighted by atomic mass is 10.1. The minimum Gasteiger partial charge on any atom is -0.456 e. The lowest BCUT2D eigenvalue weighted by Crippen LogP contribution is -2.21. The number of amides is 1. The summed E-state index contributed by atoms with van der Waals surface area (Å²) in [5.41, 5.74) is 0.130. The van der Waals surface area contributed by atoms with Crippen molar-refractivity contribution in [1.29, 1.82) is 0 Å². The fraction of sp³-hybridized carbons (Fsp3) is 0.176. The molecule has 0 heterocycles. The van der Waals surface area contributed by atoms with Crippen LogP contribution in [0, 0.1) is 15.9 Å². The van der Waals surface area contributed by atoms with Gasteiger partial charge in [0.25, 0.3) is 11.6 Å². The van der Waals surface area contributed by atoms with Gasteiger partial charge in [0, 0.05) is 12.5 Å². The van der Waals surface area contributed by atoms with Crippen molar-refractivity contribution in [2.24, 2.45) is 0 Å². The largest absolute Gasteiger partial charge is 0.456 e. The second-order valence-electron chi connectivity index (χ2n) is 5.07. The Hall–Kier alpha value is -3.29. The highest BCUT2D eigenvalue weighted by Crippen LogP contribution is 2.22. The van der Waals surface area contributed by atoms with Gasteiger partial charge in [-0.25, -0.2) is 4.39 Å². The van der Waals surface area contributed by atoms with Gasteiger partial charge in [-0.3, -0.25) is 19.7 Å². The number of carbonyl (C=O) groups excluding carboxylic acids is 2. The molecule has 8 heteroatoms. The molecule has 1 amide bonds. The molecule has 2 rings (SSSR count). The molecule has 25 heavy (non-hydrogen) atoms. The summed E-state index contributed by atoms with van der Waals surface area (Å²) in [6.45, 7) is -0.581. The Bertz CT molecular complexity index is 794. The highest BCUT2D eigenvalue weighted by Gasteiger charge is 2.16. The van der Waals surface area contributed by atoms with Gasteiger partial charge in [-0.05, 0) is 24.1 Å². The Balaban J connectivity index is 1.81. The second-order valence-corrected chi connectivity index (χ2v) is 5.07. The summed E-state index contributed by atoms with van der Waals surface area (Å²) in [7, 11) is 0. The lowest BCUT2D eigenvalue weighted by Gasteiger charge is -2.07. The molecule has 7 nitrogen and oxygen atoms in total. The Morgan fingerprint density at radius 2 is 1.80 bits per heavy atom. The maximum absolute atomic E-state index is 13.4. The van der Waals surface area contributed by atoms with Gasteiger partial charge in [-0.15, -0.1) is 0 Å². The van der Waals surface area contributed by atoms with Gasteiger partial charge in [0.05, 0.1) is 4.92 Å². The van der Waals surface area contributed by atoms with E-state index in [1.165, 1.54) is 30.3 Å². The van der Waals surface area contributed by atoms with Gasteiger partial charge in [0.2, 0.25) is 0 Å². The maximum Gasteiger partial charge on any atom is 0.306 e. The fourth-order valence-electron chi connectivity index (χ4n) is 2.08. The number of nitrogens with one attached hydrogen (secondary N) is 1. The molecule has 0 aliphatic rings. The number of esters is 1. The van der Waals surface area contributed by atoms with Crippen LogP contribution < -0.4 is 5.32 Å². The van der Waals surface area contributed by atoms with Crippen molar-refractivity contribution >= 4 is 23.3 Å². The third-order valence-corrected chi connectivity index (χ3v) is 3.30. The zero-order chi connectivity index (χ0) is 18.2. The van der Waals surface area contributed by atoms with Gasteiger partial charge >= 0.3 is 5.97 Å². The second kappa shape index (κ2) is 8.53. The molecule has 0 fully saturated rings. The molecule has 2 aromatic rings. The number of nitro benzene ring substituents is 1. The molecule has 0 atom stereocenters. The molecule has 0 radical (unpaired) electrons. The van der Waals surface area contributed by atoms with E-state index >= 15 is 0 Å². The number of rotatable bonds is 7. The Labute approximate surface area is 142 Å². The molecule has 0 aliphatic heterocycles. The van der Waals surface area contributed by atoms with Gasteiger partial charge in [0.1, 0.15) is 11.5 Å². The van der Waals surface area contributed by atoms with Crippen LogP contribution in [0.15, 0.2) is 48.5 Å². The summed E-state index contributed by atoms with van der Waals surface area (Å²) in [6.07, 6.45) is 0.0664. The Morgan fingerprint density at radius 1 is 1.12 bits per heavy atom. The van der Waals surface area contributed by atoms with E-state index in [9.17, 15) is 24.1 Å². The van der Waals surface area contributed by atoms with Crippen molar-refractivity contribution < 1.29 is 23.6 Å². The number of hydrogen-bond acceptors (Lipinski definition) is 5. The highest BCUT2D eigenvalue weighted by atomic mass is 19.1. The number of para-hydroxylation sites is 2. The monoisotopic (exact) mass is 346 g/mol. The van der Waals surface area contributed by atoms with Crippen LogP contribution in [0.25, 0.3) is 0 Å². The summed E-state index contributed by atoms with van der Waals surface area (Å²) in [5.74, 6) is -1.78. The third kappa shape index (κ3) is 5.38. The van der Waals surface area contributed by atoms with E-state index in [4.69, 9.17) is 4.74 Å². The van der Waals surface area contributed by atoms with Crippen LogP contribution in [0.5, 0.6) is 0 Å². The van der Waals surface area contributed by atoms with E-state index in [0.29, 0.717) is 5.56 Å². The smallest absolute Gasteiger partial charge is 0.306 e. The van der Waals surface area contributed by atoms with Crippen LogP contribution in [0.4, 0.5) is 15.8 Å². The molecule has 0 saturated carbocycles. The van der Waals surface area contributed by atoms with Gasteiger partial charge in [0.15, 0.2) is 6.61 Å². The first kappa shape index (κ1) is 18.1. The zero-order valence-electron chi connectivity index (χ0n) is 13.1. The molecule has 1 N–H and O–H groups in total. The van der Waals surface area contributed by atoms with Crippen molar-refractivity contribution in [2.75, 3.05) is 11.9 Å². The third-order valence-electron chi connectivity index (χ3n) is 3.30. The quantitative estimate of drug-likeness (QED) is 0.472. The fourth-order valence-corrected chi connectivity index (χ4v) is 2.08. The predicted molar refractivity (Wildman–Crippen MR) is 87.4 cm³/mol. The molecule has 0 saturated heterocycles. The van der Waals surface area contributed by atoms with Crippen LogP contribution in [0.1, 0.15) is 12.0 Å². The van der Waals surface area contributed by atoms with Crippen molar-refractivity contribution in [1.82, 2.24) is 0 Å². The van der Waals surface area contributed by atoms with Crippen LogP contribution in [0.2, 0.25) is 0 Å². The summed E-state index contributed by atoms with van der Waals surface area (Å²) < 4.78 is 18.2. The Kier molecular flexibility index (Phi) is 6.16. The maximum atomic E-state index is 13.4. The van der Waals surface area contributed by atoms with E-state index in [2.05, 4.69) is 5.32 Å². The number of halogens is 1. The summed E-state index contributed by atoms with van der Waals surface area (Å²) in [5, 5.41) is 13.2. The van der Waals surface area contributed by atoms with E-state index < -0.39 is 29.2 Å². The number of aryl methyl sites for hydroxylation is 1. The van der Waals surface area contributed by atoms with Crippen molar-refractivity contribution in [3.8, 4) is 0 Å². The molecule has 0 spiro atoms. The number of nitrogens with zero attached hydrogens (tertiary/aromatic N) is 1. The van der Waals surface area contributed by atoms with Crippen molar-refractivity contribution in [2.45, 2.75) is 12.8 Å². The molecule has 2 aromatic carbocycles. The van der Waals surface area contributed by atoms with Crippen molar-refractivity contribution in [3.05, 3.63) is 70.0 Å². The number of hydrogen-bond donors (Lipinski definition) is 1. The molecular weight excluding hydrogens is 331 g/mol. The number of anilines is 1. The first-order valence-corrected chi connectivity index (χ1v) is 7.39. The van der Waals surface area contributed by atoms with Crippen LogP contribution in [-0.2, 0) is 20.7 Å². The van der Waals surface area contributed by atoms with Crippen LogP contribution in [0.3, 0.4) is 0 Å². The lowest BCUT2D eigenvalue weighted by molar-refractivity contribution is -0.383. The SMILES string of the molecule is O=C(COC(=O)CCc1ccccc1F)Nc1ccccc1[N+](=O)[O-]. The number of carbonyl (C=O) groups is 2. The molecular formula is C17H15FN2O5. The predicted octanol–water partition coefficient (Wildman–Crippen LogP) is 2.85. The number of ether oxygens (including phenoxy) is 1. The first-order valence-electron chi connectivity index (χ1n) is 7.39. The molecule has 130 valence electrons. The average Bonchev–Trinajstić information content (AvgIpc) is 2.59. The van der Waals surface area contributed by atoms with Gasteiger partial charge in [-0.2, -0.15) is 0 Å². The highest BCUT2D eigenvalue weighted by molar-refractivity contribution is 5.94. The summed E-state index contributed by atoms with van der Waals surface area (Å²) in [4.78, 5) is 33.6. The average molecular weight is 346 g/mol. The first-order chi connectivity index (χ1) is 12.0. The topological polar surface area (TPSA) is 98.5 Å². The summed E-state index contributed by atoms with van der Waals surface area (Å²) >= 11 is 0. The van der Waals surface area contributed by atoms with Crippen LogP contribution in [-0.4, -0.2) is 23.4 Å². The van der Waals surface area contributed by atoms with E-state index in [1.54, 1.807) is 18.2 Å². The minimum atomic E-state index is -0.700. The standard InChI is InChI=1S/C17H15FN2O5/c18-13-6-2-1-5-12(13)9-10-17(22)25-11-16(21)19-14-7-3-4-8-15(14)20(23)24/h1-8H,9-11H2,(H,19,21). The van der Waals surface area contributed by atoms with Crippen molar-refractivity contribution in [3.63, 3.8) is 0 Å². The van der Waals surface area contributed by atoms with E-state index in [0.717, 1.165) is 0 Å². The van der Waals surface area contributed by atoms with Gasteiger partial charge < -0.3 is 10.1 Å². The van der Waals surface area contributed by atoms with Crippen LogP contribution >= 0.6 is 0 Å². The van der Waals surface area contributed by atoms with Gasteiger partial charge in [-0.1, -0.05) is 30.3 Å². The minimum absolute atomic E-state index is 0.0138. The van der Waals surface area contributed by atoms with E-state index in [-0.39, 0.29) is 24.2 Å². The van der Waals surface area contributed by atoms with E-state index in [1.807, 2.05) is 0 Å².